The van der Waals surface area contributed by atoms with E-state index in [4.69, 9.17) is 14.2 Å². The van der Waals surface area contributed by atoms with Gasteiger partial charge in [0, 0.05) is 48.4 Å². The molecule has 8 nitrogen and oxygen atoms in total. The second-order valence-electron chi connectivity index (χ2n) is 7.94. The maximum absolute atomic E-state index is 6.09. The van der Waals surface area contributed by atoms with E-state index < -0.39 is 0 Å². The average Bonchev–Trinajstić information content (AvgIpc) is 3.29. The topological polar surface area (TPSA) is 84.5 Å². The van der Waals surface area contributed by atoms with Crippen LogP contribution in [0.2, 0.25) is 0 Å². The standard InChI is InChI=1S/C24H27N5O3/c1-16-14-25-21-13-23(32-10-7-29-5-8-31-9-6-29)22(30-2)12-19(21)24(16)27-18-4-3-17-15-26-28-20(17)11-18/h3-4,11-15H,5-10H2,1-2H3,(H,25,27)(H,26,28). The number of benzene rings is 2. The smallest absolute Gasteiger partial charge is 0.163 e. The maximum Gasteiger partial charge on any atom is 0.163 e. The molecule has 0 bridgehead atoms. The molecule has 32 heavy (non-hydrogen) atoms. The van der Waals surface area contributed by atoms with Gasteiger partial charge in [-0.3, -0.25) is 15.0 Å². The van der Waals surface area contributed by atoms with Gasteiger partial charge in [0.1, 0.15) is 6.61 Å². The summed E-state index contributed by atoms with van der Waals surface area (Å²) in [5.74, 6) is 1.40. The number of pyridine rings is 1. The lowest BCUT2D eigenvalue weighted by molar-refractivity contribution is 0.0321. The number of nitrogens with zero attached hydrogens (tertiary/aromatic N) is 3. The summed E-state index contributed by atoms with van der Waals surface area (Å²) >= 11 is 0. The number of nitrogens with one attached hydrogen (secondary N) is 2. The van der Waals surface area contributed by atoms with Gasteiger partial charge in [-0.25, -0.2) is 0 Å². The van der Waals surface area contributed by atoms with Crippen LogP contribution in [0.15, 0.2) is 42.7 Å². The van der Waals surface area contributed by atoms with Crippen LogP contribution in [0, 0.1) is 6.92 Å². The number of ether oxygens (including phenoxy) is 3. The number of fused-ring (bicyclic) bond motifs is 2. The summed E-state index contributed by atoms with van der Waals surface area (Å²) in [6.45, 7) is 6.94. The van der Waals surface area contributed by atoms with Gasteiger partial charge in [0.15, 0.2) is 11.5 Å². The van der Waals surface area contributed by atoms with Crippen LogP contribution >= 0.6 is 0 Å². The second-order valence-corrected chi connectivity index (χ2v) is 7.94. The summed E-state index contributed by atoms with van der Waals surface area (Å²) in [7, 11) is 1.67. The molecule has 1 fully saturated rings. The number of anilines is 2. The van der Waals surface area contributed by atoms with Gasteiger partial charge >= 0.3 is 0 Å². The fourth-order valence-electron chi connectivity index (χ4n) is 4.01. The van der Waals surface area contributed by atoms with Crippen molar-refractivity contribution in [3.05, 3.63) is 48.3 Å². The fourth-order valence-corrected chi connectivity index (χ4v) is 4.01. The zero-order chi connectivity index (χ0) is 21.9. The minimum absolute atomic E-state index is 0.586. The van der Waals surface area contributed by atoms with Crippen molar-refractivity contribution in [3.8, 4) is 11.5 Å². The van der Waals surface area contributed by atoms with E-state index in [2.05, 4.69) is 25.4 Å². The molecule has 3 heterocycles. The van der Waals surface area contributed by atoms with Crippen molar-refractivity contribution in [2.24, 2.45) is 0 Å². The molecule has 0 atom stereocenters. The van der Waals surface area contributed by atoms with Gasteiger partial charge in [-0.15, -0.1) is 0 Å². The highest BCUT2D eigenvalue weighted by Gasteiger charge is 2.15. The minimum Gasteiger partial charge on any atom is -0.493 e. The molecule has 1 aliphatic heterocycles. The monoisotopic (exact) mass is 433 g/mol. The Bertz CT molecular complexity index is 1230. The molecule has 0 unspecified atom stereocenters. The van der Waals surface area contributed by atoms with Crippen molar-refractivity contribution in [1.82, 2.24) is 20.1 Å². The van der Waals surface area contributed by atoms with Crippen molar-refractivity contribution in [2.45, 2.75) is 6.92 Å². The van der Waals surface area contributed by atoms with E-state index in [9.17, 15) is 0 Å². The molecule has 1 saturated heterocycles. The molecular weight excluding hydrogens is 406 g/mol. The van der Waals surface area contributed by atoms with Crippen LogP contribution in [0.1, 0.15) is 5.56 Å². The lowest BCUT2D eigenvalue weighted by atomic mass is 10.1. The predicted octanol–water partition coefficient (Wildman–Crippen LogP) is 3.88. The Hall–Kier alpha value is -3.36. The predicted molar refractivity (Wildman–Crippen MR) is 125 cm³/mol. The highest BCUT2D eigenvalue weighted by Crippen LogP contribution is 2.37. The van der Waals surface area contributed by atoms with Crippen LogP contribution in [0.25, 0.3) is 21.8 Å². The van der Waals surface area contributed by atoms with E-state index in [1.807, 2.05) is 49.6 Å². The maximum atomic E-state index is 6.09. The molecule has 5 rings (SSSR count). The van der Waals surface area contributed by atoms with Gasteiger partial charge in [-0.1, -0.05) is 0 Å². The summed E-state index contributed by atoms with van der Waals surface area (Å²) < 4.78 is 17.2. The number of rotatable bonds is 7. The number of aromatic amines is 1. The average molecular weight is 434 g/mol. The second kappa shape index (κ2) is 9.02. The molecular formula is C24H27N5O3. The number of hydrogen-bond donors (Lipinski definition) is 2. The first-order chi connectivity index (χ1) is 15.7. The number of hydrogen-bond acceptors (Lipinski definition) is 7. The van der Waals surface area contributed by atoms with Crippen molar-refractivity contribution < 1.29 is 14.2 Å². The third-order valence-corrected chi connectivity index (χ3v) is 5.82. The molecule has 0 amide bonds. The molecule has 4 aromatic rings. The fraction of sp³-hybridized carbons (Fsp3) is 0.333. The van der Waals surface area contributed by atoms with E-state index in [0.717, 1.165) is 71.6 Å². The van der Waals surface area contributed by atoms with Gasteiger partial charge in [0.05, 0.1) is 43.2 Å². The SMILES string of the molecule is COc1cc2c(Nc3ccc4cn[nH]c4c3)c(C)cnc2cc1OCCN1CCOCC1. The van der Waals surface area contributed by atoms with Crippen LogP contribution in [-0.2, 0) is 4.74 Å². The number of aryl methyl sites for hydroxylation is 1. The Balaban J connectivity index is 1.41. The molecule has 1 aliphatic rings. The van der Waals surface area contributed by atoms with Crippen molar-refractivity contribution in [1.29, 1.82) is 0 Å². The van der Waals surface area contributed by atoms with Crippen molar-refractivity contribution in [3.63, 3.8) is 0 Å². The van der Waals surface area contributed by atoms with Gasteiger partial charge < -0.3 is 19.5 Å². The van der Waals surface area contributed by atoms with Crippen LogP contribution < -0.4 is 14.8 Å². The van der Waals surface area contributed by atoms with Crippen LogP contribution in [0.4, 0.5) is 11.4 Å². The van der Waals surface area contributed by atoms with Crippen molar-refractivity contribution in [2.75, 3.05) is 51.9 Å². The molecule has 166 valence electrons. The largest absolute Gasteiger partial charge is 0.493 e. The van der Waals surface area contributed by atoms with Crippen LogP contribution in [0.5, 0.6) is 11.5 Å². The molecule has 2 aromatic carbocycles. The molecule has 0 spiro atoms. The Morgan fingerprint density at radius 2 is 2.00 bits per heavy atom. The van der Waals surface area contributed by atoms with E-state index in [-0.39, 0.29) is 0 Å². The summed E-state index contributed by atoms with van der Waals surface area (Å²) in [4.78, 5) is 6.98. The normalized spacial score (nSPS) is 14.7. The first-order valence-corrected chi connectivity index (χ1v) is 10.8. The third-order valence-electron chi connectivity index (χ3n) is 5.82. The molecule has 2 aromatic heterocycles. The number of aromatic nitrogens is 3. The third kappa shape index (κ3) is 4.19. The Labute approximate surface area is 186 Å². The van der Waals surface area contributed by atoms with Gasteiger partial charge in [0.2, 0.25) is 0 Å². The zero-order valence-corrected chi connectivity index (χ0v) is 18.4. The Kier molecular flexibility index (Phi) is 5.79. The first-order valence-electron chi connectivity index (χ1n) is 10.8. The van der Waals surface area contributed by atoms with E-state index in [0.29, 0.717) is 18.1 Å². The summed E-state index contributed by atoms with van der Waals surface area (Å²) in [6.07, 6.45) is 3.70. The van der Waals surface area contributed by atoms with Crippen molar-refractivity contribution >= 4 is 33.2 Å². The Morgan fingerprint density at radius 1 is 1.12 bits per heavy atom. The molecule has 2 N–H and O–H groups in total. The van der Waals surface area contributed by atoms with E-state index in [1.54, 1.807) is 7.11 Å². The lowest BCUT2D eigenvalue weighted by Gasteiger charge is -2.26. The van der Waals surface area contributed by atoms with Gasteiger partial charge in [-0.2, -0.15) is 5.10 Å². The van der Waals surface area contributed by atoms with E-state index in [1.165, 1.54) is 0 Å². The summed E-state index contributed by atoms with van der Waals surface area (Å²) in [5, 5.41) is 12.7. The highest BCUT2D eigenvalue weighted by atomic mass is 16.5. The lowest BCUT2D eigenvalue weighted by Crippen LogP contribution is -2.38. The number of morpholine rings is 1. The van der Waals surface area contributed by atoms with Gasteiger partial charge in [-0.05, 0) is 36.8 Å². The summed E-state index contributed by atoms with van der Waals surface area (Å²) in [5.41, 5.74) is 4.85. The zero-order valence-electron chi connectivity index (χ0n) is 18.4. The van der Waals surface area contributed by atoms with Crippen LogP contribution in [-0.4, -0.2) is 66.6 Å². The first kappa shape index (κ1) is 20.5. The minimum atomic E-state index is 0.586. The van der Waals surface area contributed by atoms with E-state index >= 15 is 0 Å². The number of H-pyrrole nitrogens is 1. The van der Waals surface area contributed by atoms with Gasteiger partial charge in [0.25, 0.3) is 0 Å². The highest BCUT2D eigenvalue weighted by molar-refractivity contribution is 5.97. The Morgan fingerprint density at radius 3 is 2.84 bits per heavy atom. The molecule has 0 saturated carbocycles. The number of methoxy groups -OCH3 is 1. The molecule has 0 radical (unpaired) electrons. The molecule has 8 heteroatoms. The summed E-state index contributed by atoms with van der Waals surface area (Å²) in [6, 6.07) is 10.1. The quantitative estimate of drug-likeness (QED) is 0.457. The molecule has 0 aliphatic carbocycles. The van der Waals surface area contributed by atoms with Crippen LogP contribution in [0.3, 0.4) is 0 Å².